The molecule has 2 heterocycles. The molecule has 0 atom stereocenters. The fraction of sp³-hybridized carbons (Fsp3) is 0.316. The molecule has 164 valence electrons. The summed E-state index contributed by atoms with van der Waals surface area (Å²) in [6.45, 7) is 5.12. The molecule has 0 aliphatic heterocycles. The molecule has 3 rings (SSSR count). The minimum Gasteiger partial charge on any atom is -0.496 e. The lowest BCUT2D eigenvalue weighted by molar-refractivity contribution is -0.384. The van der Waals surface area contributed by atoms with E-state index in [1.165, 1.54) is 19.2 Å². The van der Waals surface area contributed by atoms with E-state index in [1.54, 1.807) is 20.8 Å². The number of aromatic nitrogens is 3. The normalized spacial score (nSPS) is 12.1. The van der Waals surface area contributed by atoms with Gasteiger partial charge in [0.25, 0.3) is 11.6 Å². The molecule has 31 heavy (non-hydrogen) atoms. The number of hydrogen-bond acceptors (Lipinski definition) is 6. The van der Waals surface area contributed by atoms with Crippen LogP contribution in [-0.4, -0.2) is 32.5 Å². The molecule has 12 heteroatoms. The Morgan fingerprint density at radius 1 is 1.19 bits per heavy atom. The molecular weight excluding hydrogens is 419 g/mol. The third kappa shape index (κ3) is 4.42. The standard InChI is InChI=1S/C19H18F3N5O4/c1-18(2,3)14-9-15(19(20,21)22)26-16(24-14)8-12(25-26)17(28)23-11-6-5-10(31-4)7-13(11)27(29)30/h5-9H,1-4H3,(H,23,28). The second kappa shape index (κ2) is 7.52. The maximum Gasteiger partial charge on any atom is 0.433 e. The van der Waals surface area contributed by atoms with Crippen molar-refractivity contribution in [3.63, 3.8) is 0 Å². The summed E-state index contributed by atoms with van der Waals surface area (Å²) in [4.78, 5) is 27.4. The first-order valence-electron chi connectivity index (χ1n) is 8.93. The van der Waals surface area contributed by atoms with Crippen LogP contribution in [0.1, 0.15) is 42.6 Å². The van der Waals surface area contributed by atoms with Gasteiger partial charge >= 0.3 is 6.18 Å². The van der Waals surface area contributed by atoms with Crippen LogP contribution in [0, 0.1) is 10.1 Å². The van der Waals surface area contributed by atoms with Crippen molar-refractivity contribution in [1.29, 1.82) is 0 Å². The number of hydrogen-bond donors (Lipinski definition) is 1. The number of benzene rings is 1. The molecular formula is C19H18F3N5O4. The molecule has 0 aliphatic rings. The molecule has 0 aliphatic carbocycles. The average Bonchev–Trinajstić information content (AvgIpc) is 3.10. The summed E-state index contributed by atoms with van der Waals surface area (Å²) in [7, 11) is 1.32. The number of alkyl halides is 3. The lowest BCUT2D eigenvalue weighted by Gasteiger charge is -2.19. The molecule has 1 aromatic carbocycles. The van der Waals surface area contributed by atoms with Gasteiger partial charge in [0.1, 0.15) is 17.1 Å². The number of carbonyl (C=O) groups excluding carboxylic acids is 1. The fourth-order valence-corrected chi connectivity index (χ4v) is 2.75. The first-order valence-corrected chi connectivity index (χ1v) is 8.93. The van der Waals surface area contributed by atoms with Crippen molar-refractivity contribution in [3.8, 4) is 5.75 Å². The summed E-state index contributed by atoms with van der Waals surface area (Å²) in [5, 5.41) is 17.3. The van der Waals surface area contributed by atoms with Crippen molar-refractivity contribution in [2.24, 2.45) is 0 Å². The molecule has 1 N–H and O–H groups in total. The zero-order chi connectivity index (χ0) is 23.1. The molecule has 0 spiro atoms. The Balaban J connectivity index is 2.06. The van der Waals surface area contributed by atoms with Gasteiger partial charge in [-0.1, -0.05) is 20.8 Å². The van der Waals surface area contributed by atoms with Crippen LogP contribution in [0.3, 0.4) is 0 Å². The van der Waals surface area contributed by atoms with Gasteiger partial charge in [0.15, 0.2) is 11.3 Å². The molecule has 9 nitrogen and oxygen atoms in total. The third-order valence-corrected chi connectivity index (χ3v) is 4.37. The molecule has 1 amide bonds. The Morgan fingerprint density at radius 2 is 1.87 bits per heavy atom. The summed E-state index contributed by atoms with van der Waals surface area (Å²) < 4.78 is 46.2. The number of methoxy groups -OCH3 is 1. The number of fused-ring (bicyclic) bond motifs is 1. The molecule has 0 fully saturated rings. The van der Waals surface area contributed by atoms with E-state index in [9.17, 15) is 28.1 Å². The van der Waals surface area contributed by atoms with Crippen LogP contribution in [0.5, 0.6) is 5.75 Å². The number of carbonyl (C=O) groups is 1. The summed E-state index contributed by atoms with van der Waals surface area (Å²) in [6.07, 6.45) is -4.74. The number of rotatable bonds is 4. The second-order valence-electron chi connectivity index (χ2n) is 7.67. The summed E-state index contributed by atoms with van der Waals surface area (Å²) in [5.74, 6) is -0.727. The van der Waals surface area contributed by atoms with Gasteiger partial charge in [-0.25, -0.2) is 9.50 Å². The summed E-state index contributed by atoms with van der Waals surface area (Å²) in [5.41, 5.74) is -2.75. The van der Waals surface area contributed by atoms with Crippen LogP contribution in [0.15, 0.2) is 30.3 Å². The molecule has 0 bridgehead atoms. The van der Waals surface area contributed by atoms with E-state index in [0.29, 0.717) is 4.52 Å². The number of amides is 1. The molecule has 0 saturated carbocycles. The number of halogens is 3. The van der Waals surface area contributed by atoms with E-state index in [4.69, 9.17) is 4.74 Å². The molecule has 2 aromatic heterocycles. The molecule has 0 saturated heterocycles. The SMILES string of the molecule is COc1ccc(NC(=O)c2cc3nc(C(C)(C)C)cc(C(F)(F)F)n3n2)c([N+](=O)[O-])c1. The Kier molecular flexibility index (Phi) is 5.34. The van der Waals surface area contributed by atoms with Crippen molar-refractivity contribution in [1.82, 2.24) is 14.6 Å². The quantitative estimate of drug-likeness (QED) is 0.483. The monoisotopic (exact) mass is 437 g/mol. The highest BCUT2D eigenvalue weighted by Crippen LogP contribution is 2.33. The van der Waals surface area contributed by atoms with E-state index in [2.05, 4.69) is 15.4 Å². The zero-order valence-corrected chi connectivity index (χ0v) is 16.9. The lowest BCUT2D eigenvalue weighted by Crippen LogP contribution is -2.20. The highest BCUT2D eigenvalue weighted by atomic mass is 19.4. The number of nitrogens with one attached hydrogen (secondary N) is 1. The van der Waals surface area contributed by atoms with Crippen molar-refractivity contribution in [3.05, 3.63) is 57.5 Å². The Hall–Kier alpha value is -3.70. The average molecular weight is 437 g/mol. The number of anilines is 1. The van der Waals surface area contributed by atoms with Crippen molar-refractivity contribution < 1.29 is 27.6 Å². The lowest BCUT2D eigenvalue weighted by atomic mass is 9.91. The second-order valence-corrected chi connectivity index (χ2v) is 7.67. The summed E-state index contributed by atoms with van der Waals surface area (Å²) >= 11 is 0. The third-order valence-electron chi connectivity index (χ3n) is 4.37. The maximum absolute atomic E-state index is 13.6. The number of nitrogens with zero attached hydrogens (tertiary/aromatic N) is 4. The Morgan fingerprint density at radius 3 is 2.42 bits per heavy atom. The van der Waals surface area contributed by atoms with Crippen LogP contribution >= 0.6 is 0 Å². The van der Waals surface area contributed by atoms with E-state index in [-0.39, 0.29) is 28.5 Å². The first-order chi connectivity index (χ1) is 14.3. The number of ether oxygens (including phenoxy) is 1. The zero-order valence-electron chi connectivity index (χ0n) is 16.9. The predicted molar refractivity (Wildman–Crippen MR) is 104 cm³/mol. The van der Waals surface area contributed by atoms with Crippen molar-refractivity contribution in [2.75, 3.05) is 12.4 Å². The van der Waals surface area contributed by atoms with Crippen molar-refractivity contribution >= 4 is 22.9 Å². The van der Waals surface area contributed by atoms with Gasteiger partial charge in [-0.2, -0.15) is 18.3 Å². The Labute approximate surface area is 174 Å². The highest BCUT2D eigenvalue weighted by Gasteiger charge is 2.36. The van der Waals surface area contributed by atoms with Crippen LogP contribution in [0.2, 0.25) is 0 Å². The van der Waals surface area contributed by atoms with Gasteiger partial charge in [-0.3, -0.25) is 14.9 Å². The van der Waals surface area contributed by atoms with E-state index in [0.717, 1.165) is 18.2 Å². The van der Waals surface area contributed by atoms with Gasteiger partial charge in [0, 0.05) is 11.5 Å². The van der Waals surface area contributed by atoms with Gasteiger partial charge in [-0.15, -0.1) is 0 Å². The van der Waals surface area contributed by atoms with E-state index >= 15 is 0 Å². The van der Waals surface area contributed by atoms with E-state index in [1.807, 2.05) is 0 Å². The van der Waals surface area contributed by atoms with Crippen LogP contribution in [-0.2, 0) is 11.6 Å². The molecule has 0 radical (unpaired) electrons. The Bertz CT molecular complexity index is 1180. The maximum atomic E-state index is 13.6. The minimum absolute atomic E-state index is 0.160. The van der Waals surface area contributed by atoms with Crippen molar-refractivity contribution in [2.45, 2.75) is 32.4 Å². The first kappa shape index (κ1) is 22.0. The topological polar surface area (TPSA) is 112 Å². The number of nitro benzene ring substituents is 1. The van der Waals surface area contributed by atoms with E-state index < -0.39 is 33.8 Å². The van der Waals surface area contributed by atoms with Gasteiger partial charge in [-0.05, 0) is 18.2 Å². The van der Waals surface area contributed by atoms with Crippen LogP contribution < -0.4 is 10.1 Å². The highest BCUT2D eigenvalue weighted by molar-refractivity contribution is 6.04. The minimum atomic E-state index is -4.74. The van der Waals surface area contributed by atoms with Gasteiger partial charge in [0.05, 0.1) is 23.8 Å². The molecule has 3 aromatic rings. The van der Waals surface area contributed by atoms with Gasteiger partial charge < -0.3 is 10.1 Å². The largest absolute Gasteiger partial charge is 0.496 e. The van der Waals surface area contributed by atoms with Crippen LogP contribution in [0.25, 0.3) is 5.65 Å². The summed E-state index contributed by atoms with van der Waals surface area (Å²) in [6, 6.07) is 5.73. The van der Waals surface area contributed by atoms with Crippen LogP contribution in [0.4, 0.5) is 24.5 Å². The van der Waals surface area contributed by atoms with Gasteiger partial charge in [0.2, 0.25) is 0 Å². The predicted octanol–water partition coefficient (Wildman–Crippen LogP) is 4.21. The fourth-order valence-electron chi connectivity index (χ4n) is 2.75. The molecule has 0 unspecified atom stereocenters. The smallest absolute Gasteiger partial charge is 0.433 e. The number of nitro groups is 1.